The van der Waals surface area contributed by atoms with E-state index in [2.05, 4.69) is 15.3 Å². The monoisotopic (exact) mass is 589 g/mol. The first-order valence-electron chi connectivity index (χ1n) is 14.3. The van der Waals surface area contributed by atoms with Gasteiger partial charge in [0.05, 0.1) is 16.6 Å². The van der Waals surface area contributed by atoms with E-state index < -0.39 is 5.60 Å². The third kappa shape index (κ3) is 6.05. The highest BCUT2D eigenvalue weighted by molar-refractivity contribution is 6.06. The number of hydrogen-bond donors (Lipinski definition) is 1. The Bertz CT molecular complexity index is 1690. The number of aromatic nitrogens is 4. The molecule has 1 atom stereocenters. The molecule has 4 aromatic rings. The van der Waals surface area contributed by atoms with Crippen LogP contribution in [0.15, 0.2) is 30.5 Å². The molecule has 2 aromatic carbocycles. The molecule has 2 aromatic heterocycles. The number of methoxy groups -OCH3 is 1. The molecule has 0 radical (unpaired) electrons. The van der Waals surface area contributed by atoms with Crippen LogP contribution in [-0.4, -0.2) is 88.9 Å². The first-order valence-corrected chi connectivity index (χ1v) is 14.3. The van der Waals surface area contributed by atoms with Gasteiger partial charge < -0.3 is 29.3 Å². The maximum absolute atomic E-state index is 13.2. The Balaban J connectivity index is 1.54. The first-order chi connectivity index (χ1) is 20.4. The smallest absolute Gasteiger partial charge is 0.410 e. The standard InChI is InChI=1S/C31H39N7O5/c1-18-15-37(11-12-38(18)30(40)43-31(3,4)5)21-9-10-24-22(14-21)26(29(39)32-6)34-28(33-24)23-13-20-16-36(7)35-25(20)19(2)27(23)42-17-41-8/h9-10,13-14,16,18H,11-12,15,17H2,1-8H3,(H,32,39)/t18-/m0/s1. The summed E-state index contributed by atoms with van der Waals surface area (Å²) in [7, 11) is 5.00. The Labute approximate surface area is 250 Å². The van der Waals surface area contributed by atoms with Crippen LogP contribution in [0.3, 0.4) is 0 Å². The Kier molecular flexibility index (Phi) is 8.15. The average Bonchev–Trinajstić information content (AvgIpc) is 3.34. The van der Waals surface area contributed by atoms with Gasteiger partial charge in [0.15, 0.2) is 12.6 Å². The number of rotatable bonds is 6. The first kappa shape index (κ1) is 30.0. The summed E-state index contributed by atoms with van der Waals surface area (Å²) in [6, 6.07) is 7.69. The Hall–Kier alpha value is -4.45. The second-order valence-electron chi connectivity index (χ2n) is 11.8. The summed E-state index contributed by atoms with van der Waals surface area (Å²) < 4.78 is 18.5. The van der Waals surface area contributed by atoms with Crippen molar-refractivity contribution >= 4 is 39.5 Å². The van der Waals surface area contributed by atoms with E-state index >= 15 is 0 Å². The molecule has 12 nitrogen and oxygen atoms in total. The lowest BCUT2D eigenvalue weighted by atomic mass is 10.0. The number of fused-ring (bicyclic) bond motifs is 2. The van der Waals surface area contributed by atoms with Crippen LogP contribution in [0.4, 0.5) is 10.5 Å². The van der Waals surface area contributed by atoms with Gasteiger partial charge in [-0.3, -0.25) is 9.48 Å². The molecule has 1 saturated heterocycles. The fourth-order valence-corrected chi connectivity index (χ4v) is 5.41. The van der Waals surface area contributed by atoms with E-state index in [1.165, 1.54) is 0 Å². The molecule has 12 heteroatoms. The number of benzene rings is 2. The van der Waals surface area contributed by atoms with Gasteiger partial charge in [0.1, 0.15) is 17.0 Å². The SMILES string of the molecule is CNC(=O)c1nc(-c2cc3cn(C)nc3c(C)c2OCOC)nc2ccc(N3CCN(C(=O)OC(C)(C)C)[C@@H](C)C3)cc12. The number of ether oxygens (including phenoxy) is 3. The summed E-state index contributed by atoms with van der Waals surface area (Å²) in [5, 5.41) is 8.82. The van der Waals surface area contributed by atoms with E-state index in [9.17, 15) is 9.59 Å². The summed E-state index contributed by atoms with van der Waals surface area (Å²) >= 11 is 0. The highest BCUT2D eigenvalue weighted by Gasteiger charge is 2.31. The van der Waals surface area contributed by atoms with Gasteiger partial charge in [-0.05, 0) is 58.9 Å². The van der Waals surface area contributed by atoms with Crippen molar-refractivity contribution < 1.29 is 23.8 Å². The summed E-state index contributed by atoms with van der Waals surface area (Å²) in [4.78, 5) is 39.5. The number of carbonyl (C=O) groups is 2. The van der Waals surface area contributed by atoms with Gasteiger partial charge in [-0.1, -0.05) is 0 Å². The minimum atomic E-state index is -0.555. The summed E-state index contributed by atoms with van der Waals surface area (Å²) in [5.41, 5.74) is 3.50. The van der Waals surface area contributed by atoms with Gasteiger partial charge in [-0.2, -0.15) is 5.10 Å². The van der Waals surface area contributed by atoms with Gasteiger partial charge >= 0.3 is 6.09 Å². The number of anilines is 1. The maximum Gasteiger partial charge on any atom is 0.410 e. The molecule has 228 valence electrons. The fraction of sp³-hybridized carbons (Fsp3) is 0.452. The van der Waals surface area contributed by atoms with Gasteiger partial charge in [0.25, 0.3) is 5.91 Å². The van der Waals surface area contributed by atoms with Crippen molar-refractivity contribution in [2.75, 3.05) is 45.5 Å². The van der Waals surface area contributed by atoms with E-state index in [4.69, 9.17) is 24.2 Å². The molecular formula is C31H39N7O5. The molecule has 1 fully saturated rings. The number of amides is 2. The van der Waals surface area contributed by atoms with Gasteiger partial charge in [-0.15, -0.1) is 0 Å². The lowest BCUT2D eigenvalue weighted by molar-refractivity contribution is 0.0159. The minimum Gasteiger partial charge on any atom is -0.466 e. The number of hydrogen-bond acceptors (Lipinski definition) is 9. The van der Waals surface area contributed by atoms with Gasteiger partial charge in [-0.25, -0.2) is 14.8 Å². The molecule has 2 amide bonds. The predicted molar refractivity (Wildman–Crippen MR) is 164 cm³/mol. The Morgan fingerprint density at radius 2 is 1.91 bits per heavy atom. The topological polar surface area (TPSA) is 124 Å². The number of nitrogens with one attached hydrogen (secondary N) is 1. The van der Waals surface area contributed by atoms with Crippen LogP contribution < -0.4 is 15.0 Å². The lowest BCUT2D eigenvalue weighted by Crippen LogP contribution is -2.55. The second kappa shape index (κ2) is 11.7. The van der Waals surface area contributed by atoms with E-state index in [0.29, 0.717) is 47.7 Å². The predicted octanol–water partition coefficient (Wildman–Crippen LogP) is 4.28. The quantitative estimate of drug-likeness (QED) is 0.328. The fourth-order valence-electron chi connectivity index (χ4n) is 5.41. The van der Waals surface area contributed by atoms with Gasteiger partial charge in [0, 0.05) is 75.1 Å². The molecule has 43 heavy (non-hydrogen) atoms. The largest absolute Gasteiger partial charge is 0.466 e. The van der Waals surface area contributed by atoms with Crippen molar-refractivity contribution in [3.8, 4) is 17.1 Å². The number of nitrogens with zero attached hydrogens (tertiary/aromatic N) is 6. The zero-order chi connectivity index (χ0) is 31.1. The summed E-state index contributed by atoms with van der Waals surface area (Å²) in [6.45, 7) is 11.3. The second-order valence-corrected chi connectivity index (χ2v) is 11.8. The van der Waals surface area contributed by atoms with Crippen LogP contribution in [0.1, 0.15) is 43.7 Å². The maximum atomic E-state index is 13.2. The lowest BCUT2D eigenvalue weighted by Gasteiger charge is -2.41. The van der Waals surface area contributed by atoms with E-state index in [1.54, 1.807) is 23.7 Å². The summed E-state index contributed by atoms with van der Waals surface area (Å²) in [6.07, 6.45) is 1.61. The Morgan fingerprint density at radius 3 is 2.58 bits per heavy atom. The molecule has 0 aliphatic carbocycles. The molecule has 1 N–H and O–H groups in total. The Morgan fingerprint density at radius 1 is 1.14 bits per heavy atom. The third-order valence-corrected chi connectivity index (χ3v) is 7.40. The van der Waals surface area contributed by atoms with Crippen LogP contribution >= 0.6 is 0 Å². The summed E-state index contributed by atoms with van der Waals surface area (Å²) in [5.74, 6) is 0.578. The normalized spacial score (nSPS) is 15.7. The average molecular weight is 590 g/mol. The van der Waals surface area contributed by atoms with Crippen LogP contribution in [0.2, 0.25) is 0 Å². The number of piperazine rings is 1. The minimum absolute atomic E-state index is 0.0328. The molecule has 5 rings (SSSR count). The van der Waals surface area contributed by atoms with Crippen molar-refractivity contribution in [2.24, 2.45) is 7.05 Å². The van der Waals surface area contributed by atoms with E-state index in [-0.39, 0.29) is 30.5 Å². The van der Waals surface area contributed by atoms with Gasteiger partial charge in [0.2, 0.25) is 0 Å². The third-order valence-electron chi connectivity index (χ3n) is 7.40. The van der Waals surface area contributed by atoms with E-state index in [0.717, 1.165) is 22.2 Å². The molecule has 0 spiro atoms. The van der Waals surface area contributed by atoms with E-state index in [1.807, 2.05) is 72.1 Å². The highest BCUT2D eigenvalue weighted by Crippen LogP contribution is 2.38. The molecule has 1 aliphatic rings. The van der Waals surface area contributed by atoms with Crippen LogP contribution in [0.25, 0.3) is 33.2 Å². The van der Waals surface area contributed by atoms with Crippen LogP contribution in [-0.2, 0) is 16.5 Å². The molecular weight excluding hydrogens is 550 g/mol. The molecule has 0 unspecified atom stereocenters. The molecule has 0 saturated carbocycles. The number of carbonyl (C=O) groups excluding carboxylic acids is 2. The zero-order valence-electron chi connectivity index (χ0n) is 26.0. The van der Waals surface area contributed by atoms with Crippen molar-refractivity contribution in [3.05, 3.63) is 41.7 Å². The van der Waals surface area contributed by atoms with Crippen LogP contribution in [0, 0.1) is 6.92 Å². The molecule has 3 heterocycles. The highest BCUT2D eigenvalue weighted by atomic mass is 16.7. The molecule has 0 bridgehead atoms. The van der Waals surface area contributed by atoms with Crippen molar-refractivity contribution in [2.45, 2.75) is 46.3 Å². The van der Waals surface area contributed by atoms with Crippen molar-refractivity contribution in [1.29, 1.82) is 0 Å². The number of aryl methyl sites for hydroxylation is 2. The van der Waals surface area contributed by atoms with Crippen LogP contribution in [0.5, 0.6) is 5.75 Å². The van der Waals surface area contributed by atoms with Crippen molar-refractivity contribution in [1.82, 2.24) is 30.0 Å². The zero-order valence-corrected chi connectivity index (χ0v) is 26.0. The molecule has 1 aliphatic heterocycles. The van der Waals surface area contributed by atoms with Crippen molar-refractivity contribution in [3.63, 3.8) is 0 Å².